The topological polar surface area (TPSA) is 44.9 Å². The van der Waals surface area contributed by atoms with Gasteiger partial charge in [-0.1, -0.05) is 42.8 Å². The molecule has 0 saturated carbocycles. The van der Waals surface area contributed by atoms with Crippen LogP contribution < -0.4 is 4.74 Å². The van der Waals surface area contributed by atoms with Crippen molar-refractivity contribution in [1.82, 2.24) is 19.3 Å². The largest absolute Gasteiger partial charge is 2.00 e. The molecular formula is C36H27FN4OPt. The molecule has 214 valence electrons. The number of aromatic nitrogens is 4. The Hall–Kier alpha value is -4.54. The van der Waals surface area contributed by atoms with Gasteiger partial charge in [0.05, 0.1) is 5.69 Å². The van der Waals surface area contributed by atoms with Crippen LogP contribution in [0.2, 0.25) is 0 Å². The molecule has 4 aromatic carbocycles. The Bertz CT molecular complexity index is 2130. The van der Waals surface area contributed by atoms with E-state index in [1.165, 1.54) is 6.07 Å². The minimum absolute atomic E-state index is 0. The molecule has 3 aromatic heterocycles. The first kappa shape index (κ1) is 28.6. The van der Waals surface area contributed by atoms with Crippen LogP contribution in [0.25, 0.3) is 44.4 Å². The van der Waals surface area contributed by atoms with E-state index in [-0.39, 0.29) is 26.9 Å². The van der Waals surface area contributed by atoms with Crippen LogP contribution >= 0.6 is 0 Å². The van der Waals surface area contributed by atoms with Gasteiger partial charge in [0, 0.05) is 34.5 Å². The van der Waals surface area contributed by atoms with Crippen LogP contribution in [0.5, 0.6) is 11.5 Å². The smallest absolute Gasteiger partial charge is 0.509 e. The molecule has 0 bridgehead atoms. The van der Waals surface area contributed by atoms with E-state index in [1.54, 1.807) is 18.3 Å². The molecule has 0 N–H and O–H groups in total. The van der Waals surface area contributed by atoms with Crippen LogP contribution in [-0.2, 0) is 21.1 Å². The molecular weight excluding hydrogens is 718 g/mol. The molecule has 5 nitrogen and oxygen atoms in total. The maximum Gasteiger partial charge on any atom is 2.00 e. The van der Waals surface area contributed by atoms with Crippen molar-refractivity contribution >= 4 is 21.8 Å². The van der Waals surface area contributed by atoms with Gasteiger partial charge >= 0.3 is 21.1 Å². The van der Waals surface area contributed by atoms with Gasteiger partial charge in [-0.05, 0) is 73.3 Å². The SMILES string of the molecule is Cc1cc(Oc2[c-]c3c(cc2)c2cc(F)ccc2n3-c2cc(C)ccn2)[c-]c(-n2nc(C)c(-c3ccccc3)c2C)c1.[Pt+2]. The zero-order valence-corrected chi connectivity index (χ0v) is 26.3. The maximum atomic E-state index is 14.3. The van der Waals surface area contributed by atoms with Crippen LogP contribution in [0.4, 0.5) is 4.39 Å². The van der Waals surface area contributed by atoms with Crippen molar-refractivity contribution in [2.24, 2.45) is 0 Å². The molecule has 7 aromatic rings. The summed E-state index contributed by atoms with van der Waals surface area (Å²) in [7, 11) is 0. The number of nitrogens with zero attached hydrogens (tertiary/aromatic N) is 4. The zero-order chi connectivity index (χ0) is 29.0. The van der Waals surface area contributed by atoms with Crippen molar-refractivity contribution in [2.75, 3.05) is 0 Å². The number of pyridine rings is 1. The predicted molar refractivity (Wildman–Crippen MR) is 164 cm³/mol. The minimum Gasteiger partial charge on any atom is -0.509 e. The number of aryl methyl sites for hydroxylation is 3. The first-order valence-corrected chi connectivity index (χ1v) is 13.8. The van der Waals surface area contributed by atoms with Gasteiger partial charge in [-0.3, -0.25) is 4.68 Å². The van der Waals surface area contributed by atoms with Crippen LogP contribution in [0.1, 0.15) is 22.5 Å². The van der Waals surface area contributed by atoms with E-state index in [0.717, 1.165) is 67.0 Å². The first-order valence-electron chi connectivity index (χ1n) is 13.8. The van der Waals surface area contributed by atoms with E-state index in [2.05, 4.69) is 36.2 Å². The standard InChI is InChI=1S/C36H27FN4O.Pt/c1-22-14-15-38-35(18-22)40-33-13-10-27(37)19-32(33)31-12-11-29(21-34(31)40)42-30-17-23(2)16-28(20-30)41-25(4)36(24(3)39-41)26-8-6-5-7-9-26;/h5-19H,1-4H3;/q-2;+2. The van der Waals surface area contributed by atoms with Crippen molar-refractivity contribution in [3.05, 3.63) is 132 Å². The molecule has 0 atom stereocenters. The van der Waals surface area contributed by atoms with Gasteiger partial charge in [-0.25, -0.2) is 9.37 Å². The molecule has 43 heavy (non-hydrogen) atoms. The molecule has 7 heteroatoms. The predicted octanol–water partition coefficient (Wildman–Crippen LogP) is 8.79. The Balaban J connectivity index is 0.00000329. The fourth-order valence-corrected chi connectivity index (χ4v) is 5.69. The summed E-state index contributed by atoms with van der Waals surface area (Å²) < 4.78 is 24.6. The van der Waals surface area contributed by atoms with Gasteiger partial charge in [-0.2, -0.15) is 16.7 Å². The molecule has 0 unspecified atom stereocenters. The molecule has 0 aliphatic rings. The Morgan fingerprint density at radius 2 is 1.58 bits per heavy atom. The normalized spacial score (nSPS) is 11.2. The number of benzene rings is 4. The van der Waals surface area contributed by atoms with Crippen molar-refractivity contribution in [1.29, 1.82) is 0 Å². The average Bonchev–Trinajstić information content (AvgIpc) is 3.45. The zero-order valence-electron chi connectivity index (χ0n) is 24.1. The maximum absolute atomic E-state index is 14.3. The second kappa shape index (κ2) is 11.3. The molecule has 0 spiro atoms. The number of hydrogen-bond acceptors (Lipinski definition) is 3. The summed E-state index contributed by atoms with van der Waals surface area (Å²) in [6, 6.07) is 33.7. The summed E-state index contributed by atoms with van der Waals surface area (Å²) in [5.74, 6) is 1.52. The van der Waals surface area contributed by atoms with Crippen LogP contribution in [0.15, 0.2) is 91.1 Å². The van der Waals surface area contributed by atoms with E-state index >= 15 is 0 Å². The fourth-order valence-electron chi connectivity index (χ4n) is 5.69. The van der Waals surface area contributed by atoms with Crippen molar-refractivity contribution in [3.63, 3.8) is 0 Å². The molecule has 3 heterocycles. The van der Waals surface area contributed by atoms with Crippen LogP contribution in [0.3, 0.4) is 0 Å². The number of ether oxygens (including phenoxy) is 1. The molecule has 0 fully saturated rings. The van der Waals surface area contributed by atoms with Crippen molar-refractivity contribution < 1.29 is 30.2 Å². The van der Waals surface area contributed by atoms with Crippen molar-refractivity contribution in [2.45, 2.75) is 27.7 Å². The molecule has 7 rings (SSSR count). The van der Waals surface area contributed by atoms with Gasteiger partial charge in [0.25, 0.3) is 0 Å². The van der Waals surface area contributed by atoms with Crippen LogP contribution in [0, 0.1) is 45.6 Å². The van der Waals surface area contributed by atoms with E-state index in [4.69, 9.17) is 9.84 Å². The van der Waals surface area contributed by atoms with E-state index in [0.29, 0.717) is 11.5 Å². The molecule has 0 saturated heterocycles. The Morgan fingerprint density at radius 1 is 0.767 bits per heavy atom. The van der Waals surface area contributed by atoms with Gasteiger partial charge < -0.3 is 9.30 Å². The number of rotatable bonds is 5. The number of fused-ring (bicyclic) bond motifs is 3. The summed E-state index contributed by atoms with van der Waals surface area (Å²) in [4.78, 5) is 4.61. The van der Waals surface area contributed by atoms with Crippen LogP contribution in [-0.4, -0.2) is 19.3 Å². The summed E-state index contributed by atoms with van der Waals surface area (Å²) >= 11 is 0. The summed E-state index contributed by atoms with van der Waals surface area (Å²) in [6.45, 7) is 8.14. The van der Waals surface area contributed by atoms with Gasteiger partial charge in [-0.15, -0.1) is 35.7 Å². The molecule has 0 amide bonds. The van der Waals surface area contributed by atoms with Crippen molar-refractivity contribution in [3.8, 4) is 34.1 Å². The third-order valence-corrected chi connectivity index (χ3v) is 7.52. The van der Waals surface area contributed by atoms with Gasteiger partial charge in [0.15, 0.2) is 0 Å². The molecule has 0 aliphatic heterocycles. The van der Waals surface area contributed by atoms with Gasteiger partial charge in [0.2, 0.25) is 0 Å². The number of halogens is 1. The van der Waals surface area contributed by atoms with E-state index in [9.17, 15) is 4.39 Å². The van der Waals surface area contributed by atoms with E-state index < -0.39 is 0 Å². The number of hydrogen-bond donors (Lipinski definition) is 0. The van der Waals surface area contributed by atoms with E-state index in [1.807, 2.05) is 84.6 Å². The summed E-state index contributed by atoms with van der Waals surface area (Å²) in [6.07, 6.45) is 1.78. The minimum atomic E-state index is -0.291. The monoisotopic (exact) mass is 745 g/mol. The summed E-state index contributed by atoms with van der Waals surface area (Å²) in [5.41, 5.74) is 8.71. The average molecular weight is 746 g/mol. The quantitative estimate of drug-likeness (QED) is 0.166. The molecule has 0 aliphatic carbocycles. The third kappa shape index (κ3) is 5.17. The Labute approximate surface area is 263 Å². The van der Waals surface area contributed by atoms with Gasteiger partial charge in [0.1, 0.15) is 11.6 Å². The third-order valence-electron chi connectivity index (χ3n) is 7.52. The second-order valence-corrected chi connectivity index (χ2v) is 10.6. The first-order chi connectivity index (χ1) is 20.4. The second-order valence-electron chi connectivity index (χ2n) is 10.6. The Morgan fingerprint density at radius 3 is 2.37 bits per heavy atom. The summed E-state index contributed by atoms with van der Waals surface area (Å²) in [5, 5.41) is 6.51. The molecule has 0 radical (unpaired) electrons. The fraction of sp³-hybridized carbons (Fsp3) is 0.111. The Kier molecular flexibility index (Phi) is 7.49.